The molecule has 7 nitrogen and oxygen atoms in total. The first kappa shape index (κ1) is 17.9. The molecule has 0 unspecified atom stereocenters. The summed E-state index contributed by atoms with van der Waals surface area (Å²) in [5, 5.41) is 2.32. The molecule has 0 aliphatic heterocycles. The van der Waals surface area contributed by atoms with E-state index in [1.807, 2.05) is 0 Å². The quantitative estimate of drug-likeness (QED) is 0.265. The highest BCUT2D eigenvalue weighted by molar-refractivity contribution is 7.45. The number of hydrogen-bond acceptors (Lipinski definition) is 4. The molecule has 0 fully saturated rings. The van der Waals surface area contributed by atoms with E-state index >= 15 is 0 Å². The van der Waals surface area contributed by atoms with Crippen molar-refractivity contribution in [2.45, 2.75) is 45.4 Å². The van der Waals surface area contributed by atoms with Gasteiger partial charge in [-0.2, -0.15) is 0 Å². The molecule has 0 aromatic carbocycles. The molecular formula is C8H20NO6P. The molecule has 98 valence electrons. The van der Waals surface area contributed by atoms with Gasteiger partial charge in [0.2, 0.25) is 0 Å². The molecule has 0 rings (SSSR count). The van der Waals surface area contributed by atoms with Crippen LogP contribution in [0.25, 0.3) is 0 Å². The molecule has 0 aliphatic carbocycles. The Morgan fingerprint density at radius 2 is 1.50 bits per heavy atom. The summed E-state index contributed by atoms with van der Waals surface area (Å²) in [5.74, 6) is 0. The zero-order valence-electron chi connectivity index (χ0n) is 9.41. The van der Waals surface area contributed by atoms with Crippen LogP contribution in [-0.4, -0.2) is 21.3 Å². The van der Waals surface area contributed by atoms with Crippen LogP contribution in [0.5, 0.6) is 0 Å². The molecule has 0 aromatic heterocycles. The van der Waals surface area contributed by atoms with Crippen molar-refractivity contribution >= 4 is 7.82 Å². The third-order valence-electron chi connectivity index (χ3n) is 1.64. The van der Waals surface area contributed by atoms with Crippen molar-refractivity contribution in [2.24, 2.45) is 5.34 Å². The van der Waals surface area contributed by atoms with Gasteiger partial charge in [-0.3, -0.25) is 0 Å². The monoisotopic (exact) mass is 257 g/mol. The zero-order valence-corrected chi connectivity index (χ0v) is 10.3. The number of hydrogen-bond donors (Lipinski definition) is 3. The van der Waals surface area contributed by atoms with E-state index in [1.165, 1.54) is 25.7 Å². The average molecular weight is 257 g/mol. The Bertz CT molecular complexity index is 187. The first-order chi connectivity index (χ1) is 7.41. The summed E-state index contributed by atoms with van der Waals surface area (Å²) in [7, 11) is -4.64. The Labute approximate surface area is 95.0 Å². The molecule has 0 amide bonds. The van der Waals surface area contributed by atoms with Crippen molar-refractivity contribution in [3.8, 4) is 0 Å². The van der Waals surface area contributed by atoms with Gasteiger partial charge in [-0.05, 0) is 12.8 Å². The van der Waals surface area contributed by atoms with E-state index < -0.39 is 7.82 Å². The summed E-state index contributed by atoms with van der Waals surface area (Å²) < 4.78 is 8.88. The Kier molecular flexibility index (Phi) is 14.1. The van der Waals surface area contributed by atoms with Gasteiger partial charge in [-0.1, -0.05) is 32.6 Å². The molecular weight excluding hydrogens is 237 g/mol. The summed E-state index contributed by atoms with van der Waals surface area (Å²) in [6.07, 6.45) is 7.23. The standard InChI is InChI=1S/C8H17NO2.H3O4P/c1-2-3-4-5-6-7-8-11-9-10;1-5(2,3)4/h2-8H2,1H3;(H3,1,2,3,4). The molecule has 3 N–H and O–H groups in total. The van der Waals surface area contributed by atoms with E-state index in [1.54, 1.807) is 0 Å². The summed E-state index contributed by atoms with van der Waals surface area (Å²) in [6.45, 7) is 2.68. The summed E-state index contributed by atoms with van der Waals surface area (Å²) in [5.41, 5.74) is 0. The van der Waals surface area contributed by atoms with Crippen molar-refractivity contribution in [1.82, 2.24) is 0 Å². The average Bonchev–Trinajstić information content (AvgIpc) is 2.14. The van der Waals surface area contributed by atoms with Crippen LogP contribution >= 0.6 is 7.82 Å². The minimum Gasteiger partial charge on any atom is -0.364 e. The lowest BCUT2D eigenvalue weighted by atomic mass is 10.1. The largest absolute Gasteiger partial charge is 0.466 e. The number of rotatable bonds is 8. The second kappa shape index (κ2) is 12.6. The first-order valence-electron chi connectivity index (χ1n) is 5.14. The van der Waals surface area contributed by atoms with Crippen molar-refractivity contribution in [3.05, 3.63) is 4.91 Å². The number of unbranched alkanes of at least 4 members (excludes halogenated alkanes) is 5. The van der Waals surface area contributed by atoms with Crippen LogP contribution in [0.3, 0.4) is 0 Å². The summed E-state index contributed by atoms with van der Waals surface area (Å²) in [6, 6.07) is 0. The molecule has 0 atom stereocenters. The lowest BCUT2D eigenvalue weighted by Gasteiger charge is -1.97. The van der Waals surface area contributed by atoms with E-state index in [-0.39, 0.29) is 0 Å². The van der Waals surface area contributed by atoms with Crippen LogP contribution < -0.4 is 0 Å². The molecule has 8 heteroatoms. The fourth-order valence-electron chi connectivity index (χ4n) is 0.984. The van der Waals surface area contributed by atoms with Crippen molar-refractivity contribution in [3.63, 3.8) is 0 Å². The van der Waals surface area contributed by atoms with Crippen molar-refractivity contribution in [1.29, 1.82) is 0 Å². The van der Waals surface area contributed by atoms with E-state index in [0.717, 1.165) is 12.8 Å². The lowest BCUT2D eigenvalue weighted by Crippen LogP contribution is -1.86. The Hall–Kier alpha value is -0.490. The molecule has 0 saturated carbocycles. The number of phosphoric acid groups is 1. The molecule has 0 heterocycles. The van der Waals surface area contributed by atoms with E-state index in [9.17, 15) is 4.91 Å². The highest BCUT2D eigenvalue weighted by atomic mass is 31.2. The second-order valence-electron chi connectivity index (χ2n) is 3.19. The van der Waals surface area contributed by atoms with Crippen LogP contribution in [0.1, 0.15) is 45.4 Å². The third-order valence-corrected chi connectivity index (χ3v) is 1.64. The Morgan fingerprint density at radius 3 is 1.94 bits per heavy atom. The fraction of sp³-hybridized carbons (Fsp3) is 1.00. The van der Waals surface area contributed by atoms with Crippen molar-refractivity contribution < 1.29 is 24.1 Å². The predicted molar refractivity (Wildman–Crippen MR) is 59.4 cm³/mol. The summed E-state index contributed by atoms with van der Waals surface area (Å²) >= 11 is 0. The van der Waals surface area contributed by atoms with Gasteiger partial charge < -0.3 is 19.5 Å². The lowest BCUT2D eigenvalue weighted by molar-refractivity contribution is 0.135. The van der Waals surface area contributed by atoms with Crippen molar-refractivity contribution in [2.75, 3.05) is 6.61 Å². The molecule has 0 radical (unpaired) electrons. The van der Waals surface area contributed by atoms with Crippen LogP contribution in [0, 0.1) is 4.91 Å². The normalized spacial score (nSPS) is 10.2. The van der Waals surface area contributed by atoms with Gasteiger partial charge in [0.1, 0.15) is 6.61 Å². The topological polar surface area (TPSA) is 116 Å². The molecule has 16 heavy (non-hydrogen) atoms. The summed E-state index contributed by atoms with van der Waals surface area (Å²) in [4.78, 5) is 35.3. The van der Waals surface area contributed by atoms with Crippen LogP contribution in [0.2, 0.25) is 0 Å². The Morgan fingerprint density at radius 1 is 1.06 bits per heavy atom. The van der Waals surface area contributed by atoms with Gasteiger partial charge in [0.05, 0.1) is 0 Å². The maximum Gasteiger partial charge on any atom is 0.466 e. The van der Waals surface area contributed by atoms with Crippen LogP contribution in [-0.2, 0) is 9.40 Å². The fourth-order valence-corrected chi connectivity index (χ4v) is 0.984. The maximum absolute atomic E-state index is 9.47. The van der Waals surface area contributed by atoms with Gasteiger partial charge in [-0.25, -0.2) is 4.57 Å². The van der Waals surface area contributed by atoms with Crippen LogP contribution in [0.4, 0.5) is 0 Å². The second-order valence-corrected chi connectivity index (χ2v) is 4.22. The minimum absolute atomic E-state index is 0.482. The number of nitrogens with zero attached hydrogens (tertiary/aromatic N) is 1. The van der Waals surface area contributed by atoms with Gasteiger partial charge in [0.25, 0.3) is 0 Å². The molecule has 0 saturated heterocycles. The molecule has 0 aliphatic rings. The van der Waals surface area contributed by atoms with Crippen LogP contribution in [0.15, 0.2) is 5.34 Å². The van der Waals surface area contributed by atoms with E-state index in [2.05, 4.69) is 17.1 Å². The third kappa shape index (κ3) is 37.5. The van der Waals surface area contributed by atoms with E-state index in [0.29, 0.717) is 6.61 Å². The van der Waals surface area contributed by atoms with Gasteiger partial charge in [0, 0.05) is 0 Å². The maximum atomic E-state index is 9.47. The predicted octanol–water partition coefficient (Wildman–Crippen LogP) is 2.12. The van der Waals surface area contributed by atoms with Gasteiger partial charge in [0.15, 0.2) is 5.34 Å². The minimum atomic E-state index is -4.64. The van der Waals surface area contributed by atoms with Gasteiger partial charge >= 0.3 is 7.82 Å². The SMILES string of the molecule is CCCCCCCCON=O.O=P(O)(O)O. The molecule has 0 bridgehead atoms. The zero-order chi connectivity index (χ0) is 12.9. The highest BCUT2D eigenvalue weighted by Gasteiger charge is 2.00. The molecule has 0 aromatic rings. The highest BCUT2D eigenvalue weighted by Crippen LogP contribution is 2.25. The smallest absolute Gasteiger partial charge is 0.364 e. The van der Waals surface area contributed by atoms with Gasteiger partial charge in [-0.15, -0.1) is 4.91 Å². The molecule has 0 spiro atoms. The Balaban J connectivity index is 0. The van der Waals surface area contributed by atoms with E-state index in [4.69, 9.17) is 19.2 Å². The first-order valence-corrected chi connectivity index (χ1v) is 6.71.